The molecule has 0 amide bonds. The lowest BCUT2D eigenvalue weighted by Crippen LogP contribution is -1.85. The average molecular weight is 451 g/mol. The van der Waals surface area contributed by atoms with Gasteiger partial charge in [-0.3, -0.25) is 0 Å². The molecule has 0 aliphatic rings. The van der Waals surface area contributed by atoms with Crippen LogP contribution in [0.4, 0.5) is 0 Å². The van der Waals surface area contributed by atoms with Crippen LogP contribution < -0.4 is 0 Å². The van der Waals surface area contributed by atoms with E-state index in [1.54, 1.807) is 7.11 Å². The molecule has 0 spiro atoms. The number of hydrogen-bond donors (Lipinski definition) is 0. The van der Waals surface area contributed by atoms with E-state index in [9.17, 15) is 0 Å². The molecule has 1 nitrogen and oxygen atoms in total. The first-order valence-electron chi connectivity index (χ1n) is 5.69. The van der Waals surface area contributed by atoms with Crippen molar-refractivity contribution in [3.05, 3.63) is 68.6 Å². The highest BCUT2D eigenvalue weighted by Gasteiger charge is 1.89. The molecular formula is C15H15Br3O. The summed E-state index contributed by atoms with van der Waals surface area (Å²) in [4.78, 5) is 0. The topological polar surface area (TPSA) is 9.23 Å². The van der Waals surface area contributed by atoms with Crippen LogP contribution >= 0.6 is 47.8 Å². The highest BCUT2D eigenvalue weighted by Crippen LogP contribution is 2.12. The first-order valence-corrected chi connectivity index (χ1v) is 8.40. The van der Waals surface area contributed by atoms with Crippen molar-refractivity contribution in [3.63, 3.8) is 0 Å². The summed E-state index contributed by atoms with van der Waals surface area (Å²) in [6.45, 7) is 0.688. The predicted octanol–water partition coefficient (Wildman–Crippen LogP) is 5.94. The van der Waals surface area contributed by atoms with Gasteiger partial charge in [0.05, 0.1) is 6.61 Å². The Bertz CT molecular complexity index is 466. The van der Waals surface area contributed by atoms with Gasteiger partial charge in [0, 0.05) is 21.4 Å². The van der Waals surface area contributed by atoms with Gasteiger partial charge in [-0.15, -0.1) is 0 Å². The molecule has 0 atom stereocenters. The Morgan fingerprint density at radius 3 is 1.58 bits per heavy atom. The van der Waals surface area contributed by atoms with E-state index >= 15 is 0 Å². The van der Waals surface area contributed by atoms with Crippen LogP contribution in [0.25, 0.3) is 0 Å². The molecule has 0 saturated heterocycles. The SMILES string of the molecule is BrCc1ccc(Br)cc1.COCc1ccc(Br)cc1. The van der Waals surface area contributed by atoms with Gasteiger partial charge >= 0.3 is 0 Å². The lowest BCUT2D eigenvalue weighted by atomic mass is 10.2. The van der Waals surface area contributed by atoms with Gasteiger partial charge in [-0.2, -0.15) is 0 Å². The molecule has 0 unspecified atom stereocenters. The monoisotopic (exact) mass is 448 g/mol. The van der Waals surface area contributed by atoms with Crippen LogP contribution in [-0.4, -0.2) is 7.11 Å². The number of alkyl halides is 1. The predicted molar refractivity (Wildman–Crippen MR) is 91.6 cm³/mol. The van der Waals surface area contributed by atoms with Gasteiger partial charge in [-0.05, 0) is 35.4 Å². The first kappa shape index (κ1) is 16.9. The minimum atomic E-state index is 0.688. The Morgan fingerprint density at radius 2 is 1.21 bits per heavy atom. The van der Waals surface area contributed by atoms with E-state index in [4.69, 9.17) is 4.74 Å². The van der Waals surface area contributed by atoms with Gasteiger partial charge in [0.1, 0.15) is 0 Å². The van der Waals surface area contributed by atoms with Gasteiger partial charge in [0.2, 0.25) is 0 Å². The molecule has 19 heavy (non-hydrogen) atoms. The second kappa shape index (κ2) is 9.70. The molecule has 2 aromatic rings. The summed E-state index contributed by atoms with van der Waals surface area (Å²) in [7, 11) is 1.70. The van der Waals surface area contributed by atoms with Crippen molar-refractivity contribution < 1.29 is 4.74 Å². The van der Waals surface area contributed by atoms with Gasteiger partial charge < -0.3 is 4.74 Å². The van der Waals surface area contributed by atoms with E-state index in [0.29, 0.717) is 6.61 Å². The van der Waals surface area contributed by atoms with Crippen LogP contribution in [0.15, 0.2) is 57.5 Å². The summed E-state index contributed by atoms with van der Waals surface area (Å²) >= 11 is 10.1. The minimum Gasteiger partial charge on any atom is -0.380 e. The summed E-state index contributed by atoms with van der Waals surface area (Å²) in [5, 5.41) is 0.931. The largest absolute Gasteiger partial charge is 0.380 e. The number of benzene rings is 2. The van der Waals surface area contributed by atoms with E-state index < -0.39 is 0 Å². The van der Waals surface area contributed by atoms with Crippen LogP contribution in [0.2, 0.25) is 0 Å². The number of halogens is 3. The lowest BCUT2D eigenvalue weighted by Gasteiger charge is -1.97. The molecule has 0 fully saturated rings. The van der Waals surface area contributed by atoms with Gasteiger partial charge in [0.15, 0.2) is 0 Å². The highest BCUT2D eigenvalue weighted by molar-refractivity contribution is 9.10. The Labute approximate surface area is 139 Å². The maximum Gasteiger partial charge on any atom is 0.0713 e. The lowest BCUT2D eigenvalue weighted by molar-refractivity contribution is 0.185. The molecule has 0 radical (unpaired) electrons. The second-order valence-electron chi connectivity index (χ2n) is 3.82. The summed E-state index contributed by atoms with van der Waals surface area (Å²) in [5.74, 6) is 0. The van der Waals surface area contributed by atoms with Crippen molar-refractivity contribution in [1.29, 1.82) is 0 Å². The maximum atomic E-state index is 4.95. The molecule has 0 bridgehead atoms. The fourth-order valence-electron chi connectivity index (χ4n) is 1.32. The molecule has 0 aliphatic carbocycles. The van der Waals surface area contributed by atoms with Crippen LogP contribution in [0, 0.1) is 0 Å². The van der Waals surface area contributed by atoms with Gasteiger partial charge in [-0.25, -0.2) is 0 Å². The third kappa shape index (κ3) is 7.25. The van der Waals surface area contributed by atoms with E-state index in [1.807, 2.05) is 36.4 Å². The van der Waals surface area contributed by atoms with E-state index in [0.717, 1.165) is 14.3 Å². The zero-order valence-corrected chi connectivity index (χ0v) is 15.3. The fourth-order valence-corrected chi connectivity index (χ4v) is 2.22. The molecule has 0 aromatic heterocycles. The van der Waals surface area contributed by atoms with Gasteiger partial charge in [-0.1, -0.05) is 72.1 Å². The van der Waals surface area contributed by atoms with Crippen LogP contribution in [0.1, 0.15) is 11.1 Å². The summed E-state index contributed by atoms with van der Waals surface area (Å²) in [6.07, 6.45) is 0. The van der Waals surface area contributed by atoms with Crippen molar-refractivity contribution in [1.82, 2.24) is 0 Å². The number of ether oxygens (including phenoxy) is 1. The van der Waals surface area contributed by atoms with Crippen LogP contribution in [-0.2, 0) is 16.7 Å². The molecule has 4 heteroatoms. The minimum absolute atomic E-state index is 0.688. The molecule has 0 heterocycles. The molecule has 2 aromatic carbocycles. The third-order valence-electron chi connectivity index (χ3n) is 2.29. The number of methoxy groups -OCH3 is 1. The molecule has 102 valence electrons. The van der Waals surface area contributed by atoms with Crippen molar-refractivity contribution in [3.8, 4) is 0 Å². The zero-order valence-electron chi connectivity index (χ0n) is 10.6. The van der Waals surface area contributed by atoms with E-state index in [-0.39, 0.29) is 0 Å². The van der Waals surface area contributed by atoms with Crippen molar-refractivity contribution >= 4 is 47.8 Å². The maximum absolute atomic E-state index is 4.95. The van der Waals surface area contributed by atoms with Gasteiger partial charge in [0.25, 0.3) is 0 Å². The Balaban J connectivity index is 0.000000191. The molecular weight excluding hydrogens is 436 g/mol. The molecule has 0 N–H and O–H groups in total. The molecule has 0 aliphatic heterocycles. The second-order valence-corrected chi connectivity index (χ2v) is 6.21. The summed E-state index contributed by atoms with van der Waals surface area (Å²) in [5.41, 5.74) is 2.50. The normalized spacial score (nSPS) is 9.68. The molecule has 0 saturated carbocycles. The van der Waals surface area contributed by atoms with Crippen LogP contribution in [0.3, 0.4) is 0 Å². The van der Waals surface area contributed by atoms with Crippen molar-refractivity contribution in [2.75, 3.05) is 7.11 Å². The standard InChI is InChI=1S/C8H9BrO.C7H6Br2/c1-10-6-7-2-4-8(9)5-3-7;8-5-6-1-3-7(9)4-2-6/h2-5H,6H2,1H3;1-4H,5H2. The zero-order chi connectivity index (χ0) is 14.1. The van der Waals surface area contributed by atoms with Crippen molar-refractivity contribution in [2.45, 2.75) is 11.9 Å². The average Bonchev–Trinajstić information content (AvgIpc) is 2.43. The molecule has 2 rings (SSSR count). The summed E-state index contributed by atoms with van der Waals surface area (Å²) in [6, 6.07) is 16.3. The van der Waals surface area contributed by atoms with E-state index in [1.165, 1.54) is 11.1 Å². The first-order chi connectivity index (χ1) is 9.15. The van der Waals surface area contributed by atoms with Crippen molar-refractivity contribution in [2.24, 2.45) is 0 Å². The Morgan fingerprint density at radius 1 is 0.789 bits per heavy atom. The quantitative estimate of drug-likeness (QED) is 0.526. The number of hydrogen-bond acceptors (Lipinski definition) is 1. The smallest absolute Gasteiger partial charge is 0.0713 e. The van der Waals surface area contributed by atoms with Crippen LogP contribution in [0.5, 0.6) is 0 Å². The fraction of sp³-hybridized carbons (Fsp3) is 0.200. The summed E-state index contributed by atoms with van der Waals surface area (Å²) < 4.78 is 7.19. The highest BCUT2D eigenvalue weighted by atomic mass is 79.9. The Hall–Kier alpha value is -0.160. The third-order valence-corrected chi connectivity index (χ3v) is 4.00. The number of rotatable bonds is 3. The Kier molecular flexibility index (Phi) is 8.62. The van der Waals surface area contributed by atoms with E-state index in [2.05, 4.69) is 59.9 Å².